The van der Waals surface area contributed by atoms with Gasteiger partial charge in [-0.15, -0.1) is 24.0 Å². The zero-order valence-corrected chi connectivity index (χ0v) is 17.4. The minimum Gasteiger partial charge on any atom is -0.356 e. The molecule has 0 saturated carbocycles. The first-order valence-corrected chi connectivity index (χ1v) is 8.76. The van der Waals surface area contributed by atoms with E-state index in [0.717, 1.165) is 32.0 Å². The summed E-state index contributed by atoms with van der Waals surface area (Å²) in [4.78, 5) is 7.02. The summed E-state index contributed by atoms with van der Waals surface area (Å²) in [5.41, 5.74) is 2.47. The average molecular weight is 533 g/mol. The summed E-state index contributed by atoms with van der Waals surface area (Å²) >= 11 is 2.34. The summed E-state index contributed by atoms with van der Waals surface area (Å²) < 4.78 is 1.25. The van der Waals surface area contributed by atoms with Crippen molar-refractivity contribution in [2.75, 3.05) is 18.0 Å². The fourth-order valence-corrected chi connectivity index (χ4v) is 2.89. The highest BCUT2D eigenvalue weighted by atomic mass is 127. The van der Waals surface area contributed by atoms with Crippen molar-refractivity contribution in [2.45, 2.75) is 19.4 Å². The van der Waals surface area contributed by atoms with Gasteiger partial charge in [-0.2, -0.15) is 0 Å². The summed E-state index contributed by atoms with van der Waals surface area (Å²) in [6, 6.07) is 19.2. The SMILES string of the molecule is I.Ic1ccc(N(Cc2ccccc2)C2=NCCCCN2)cc1. The molecular weight excluding hydrogens is 512 g/mol. The molecule has 5 heteroatoms. The van der Waals surface area contributed by atoms with Crippen LogP contribution in [0.25, 0.3) is 0 Å². The van der Waals surface area contributed by atoms with Crippen LogP contribution in [0.3, 0.4) is 0 Å². The topological polar surface area (TPSA) is 27.6 Å². The van der Waals surface area contributed by atoms with Gasteiger partial charge < -0.3 is 10.2 Å². The van der Waals surface area contributed by atoms with Crippen LogP contribution in [-0.4, -0.2) is 19.0 Å². The van der Waals surface area contributed by atoms with Crippen molar-refractivity contribution in [2.24, 2.45) is 4.99 Å². The molecule has 1 aliphatic heterocycles. The number of benzene rings is 2. The lowest BCUT2D eigenvalue weighted by molar-refractivity contribution is 0.746. The molecule has 0 spiro atoms. The average Bonchev–Trinajstić information content (AvgIpc) is 2.84. The first kappa shape index (κ1) is 18.5. The van der Waals surface area contributed by atoms with Crippen LogP contribution in [-0.2, 0) is 6.54 Å². The van der Waals surface area contributed by atoms with Crippen LogP contribution in [0.5, 0.6) is 0 Å². The van der Waals surface area contributed by atoms with Gasteiger partial charge in [0.25, 0.3) is 0 Å². The monoisotopic (exact) mass is 533 g/mol. The summed E-state index contributed by atoms with van der Waals surface area (Å²) in [6.07, 6.45) is 2.33. The molecule has 0 saturated heterocycles. The molecule has 0 radical (unpaired) electrons. The number of hydrogen-bond acceptors (Lipinski definition) is 3. The van der Waals surface area contributed by atoms with Gasteiger partial charge in [0, 0.05) is 22.3 Å². The Balaban J connectivity index is 0.00000192. The Labute approximate surface area is 168 Å². The van der Waals surface area contributed by atoms with Gasteiger partial charge >= 0.3 is 0 Å². The van der Waals surface area contributed by atoms with Crippen LogP contribution in [0.1, 0.15) is 18.4 Å². The van der Waals surface area contributed by atoms with Crippen molar-refractivity contribution in [1.82, 2.24) is 5.32 Å². The van der Waals surface area contributed by atoms with Crippen molar-refractivity contribution in [3.63, 3.8) is 0 Å². The van der Waals surface area contributed by atoms with E-state index < -0.39 is 0 Å². The predicted octanol–water partition coefficient (Wildman–Crippen LogP) is 4.66. The number of aliphatic imine (C=N–C) groups is 1. The normalized spacial score (nSPS) is 14.0. The quantitative estimate of drug-likeness (QED) is 0.582. The molecule has 0 unspecified atom stereocenters. The predicted molar refractivity (Wildman–Crippen MR) is 117 cm³/mol. The van der Waals surface area contributed by atoms with E-state index in [1.54, 1.807) is 0 Å². The molecule has 122 valence electrons. The van der Waals surface area contributed by atoms with Crippen LogP contribution >= 0.6 is 46.6 Å². The molecule has 1 aliphatic rings. The maximum atomic E-state index is 4.75. The second-order valence-corrected chi connectivity index (χ2v) is 6.63. The summed E-state index contributed by atoms with van der Waals surface area (Å²) in [6.45, 7) is 2.72. The molecule has 0 aliphatic carbocycles. The lowest BCUT2D eigenvalue weighted by Gasteiger charge is -2.26. The van der Waals surface area contributed by atoms with Gasteiger partial charge in [0.15, 0.2) is 5.96 Å². The molecule has 0 bridgehead atoms. The molecular formula is C18H21I2N3. The van der Waals surface area contributed by atoms with E-state index in [1.165, 1.54) is 21.2 Å². The van der Waals surface area contributed by atoms with E-state index in [4.69, 9.17) is 4.99 Å². The summed E-state index contributed by atoms with van der Waals surface area (Å²) in [5.74, 6) is 0.988. The van der Waals surface area contributed by atoms with Gasteiger partial charge in [-0.05, 0) is 65.3 Å². The van der Waals surface area contributed by atoms with Gasteiger partial charge in [0.05, 0.1) is 6.54 Å². The lowest BCUT2D eigenvalue weighted by Crippen LogP contribution is -2.41. The van der Waals surface area contributed by atoms with Crippen LogP contribution < -0.4 is 10.2 Å². The molecule has 0 fully saturated rings. The zero-order valence-electron chi connectivity index (χ0n) is 12.9. The number of rotatable bonds is 3. The third-order valence-electron chi connectivity index (χ3n) is 3.71. The number of anilines is 1. The van der Waals surface area contributed by atoms with E-state index in [9.17, 15) is 0 Å². The van der Waals surface area contributed by atoms with Crippen molar-refractivity contribution in [3.05, 3.63) is 63.7 Å². The Hall–Kier alpha value is -0.830. The largest absolute Gasteiger partial charge is 0.356 e. The number of nitrogens with zero attached hydrogens (tertiary/aromatic N) is 2. The summed E-state index contributed by atoms with van der Waals surface area (Å²) in [5, 5.41) is 3.49. The van der Waals surface area contributed by atoms with Crippen molar-refractivity contribution >= 4 is 58.2 Å². The van der Waals surface area contributed by atoms with Gasteiger partial charge in [-0.25, -0.2) is 0 Å². The first-order valence-electron chi connectivity index (χ1n) is 7.68. The highest BCUT2D eigenvalue weighted by Gasteiger charge is 2.15. The fraction of sp³-hybridized carbons (Fsp3) is 0.278. The van der Waals surface area contributed by atoms with Gasteiger partial charge in [-0.1, -0.05) is 30.3 Å². The number of hydrogen-bond donors (Lipinski definition) is 1. The van der Waals surface area contributed by atoms with Crippen LogP contribution in [0.2, 0.25) is 0 Å². The lowest BCUT2D eigenvalue weighted by atomic mass is 10.2. The van der Waals surface area contributed by atoms with E-state index >= 15 is 0 Å². The Kier molecular flexibility index (Phi) is 7.61. The Morgan fingerprint density at radius 2 is 1.74 bits per heavy atom. The second kappa shape index (κ2) is 9.46. The molecule has 0 atom stereocenters. The third kappa shape index (κ3) is 5.34. The standard InChI is InChI=1S/C18H20IN3.HI/c19-16-8-10-17(11-9-16)22(14-15-6-2-1-3-7-15)18-20-12-4-5-13-21-18;/h1-3,6-11H,4-5,12-14H2,(H,20,21);1H. The number of halogens is 2. The molecule has 2 aromatic rings. The van der Waals surface area contributed by atoms with E-state index in [1.807, 2.05) is 0 Å². The minimum absolute atomic E-state index is 0. The summed E-state index contributed by atoms with van der Waals surface area (Å²) in [7, 11) is 0. The van der Waals surface area contributed by atoms with Crippen LogP contribution in [0.15, 0.2) is 59.6 Å². The second-order valence-electron chi connectivity index (χ2n) is 5.39. The van der Waals surface area contributed by atoms with Crippen molar-refractivity contribution in [1.29, 1.82) is 0 Å². The molecule has 1 heterocycles. The molecule has 0 amide bonds. The van der Waals surface area contributed by atoms with Gasteiger partial charge in [-0.3, -0.25) is 4.99 Å². The van der Waals surface area contributed by atoms with Crippen LogP contribution in [0.4, 0.5) is 5.69 Å². The highest BCUT2D eigenvalue weighted by molar-refractivity contribution is 14.1. The smallest absolute Gasteiger partial charge is 0.198 e. The molecule has 3 rings (SSSR count). The molecule has 23 heavy (non-hydrogen) atoms. The van der Waals surface area contributed by atoms with E-state index in [-0.39, 0.29) is 24.0 Å². The Morgan fingerprint density at radius 1 is 1.00 bits per heavy atom. The Morgan fingerprint density at radius 3 is 2.48 bits per heavy atom. The molecule has 1 N–H and O–H groups in total. The van der Waals surface area contributed by atoms with Crippen LogP contribution in [0, 0.1) is 3.57 Å². The maximum Gasteiger partial charge on any atom is 0.198 e. The van der Waals surface area contributed by atoms with Crippen molar-refractivity contribution in [3.8, 4) is 0 Å². The first-order chi connectivity index (χ1) is 10.8. The number of nitrogens with one attached hydrogen (secondary N) is 1. The third-order valence-corrected chi connectivity index (χ3v) is 4.43. The zero-order chi connectivity index (χ0) is 15.2. The molecule has 0 aromatic heterocycles. The fourth-order valence-electron chi connectivity index (χ4n) is 2.53. The van der Waals surface area contributed by atoms with Crippen molar-refractivity contribution < 1.29 is 0 Å². The highest BCUT2D eigenvalue weighted by Crippen LogP contribution is 2.20. The van der Waals surface area contributed by atoms with E-state index in [0.29, 0.717) is 0 Å². The number of guanidine groups is 1. The molecule has 2 aromatic carbocycles. The molecule has 3 nitrogen and oxygen atoms in total. The Bertz CT molecular complexity index is 626. The van der Waals surface area contributed by atoms with Gasteiger partial charge in [0.1, 0.15) is 0 Å². The van der Waals surface area contributed by atoms with Gasteiger partial charge in [0.2, 0.25) is 0 Å². The maximum absolute atomic E-state index is 4.75. The van der Waals surface area contributed by atoms with E-state index in [2.05, 4.69) is 87.4 Å². The minimum atomic E-state index is 0.